The highest BCUT2D eigenvalue weighted by atomic mass is 16.7. The number of carbonyl (C=O) groups is 1. The van der Waals surface area contributed by atoms with Crippen LogP contribution in [0.3, 0.4) is 0 Å². The van der Waals surface area contributed by atoms with Crippen molar-refractivity contribution in [3.05, 3.63) is 35.9 Å². The van der Waals surface area contributed by atoms with E-state index in [2.05, 4.69) is 10.8 Å². The van der Waals surface area contributed by atoms with Gasteiger partial charge in [0.2, 0.25) is 0 Å². The molecule has 0 bridgehead atoms. The molecule has 18 heavy (non-hydrogen) atoms. The van der Waals surface area contributed by atoms with Gasteiger partial charge in [-0.05, 0) is 18.4 Å². The third-order valence-corrected chi connectivity index (χ3v) is 3.19. The van der Waals surface area contributed by atoms with Crippen LogP contribution in [0.25, 0.3) is 0 Å². The molecule has 0 radical (unpaired) electrons. The average molecular weight is 248 g/mol. The number of carbonyl (C=O) groups excluding carboxylic acids is 1. The van der Waals surface area contributed by atoms with Crippen molar-refractivity contribution in [3.8, 4) is 0 Å². The van der Waals surface area contributed by atoms with Crippen molar-refractivity contribution in [1.82, 2.24) is 10.8 Å². The lowest BCUT2D eigenvalue weighted by Crippen LogP contribution is -2.42. The summed E-state index contributed by atoms with van der Waals surface area (Å²) in [4.78, 5) is 16.7. The summed E-state index contributed by atoms with van der Waals surface area (Å²) in [5.74, 6) is 0. The van der Waals surface area contributed by atoms with Crippen molar-refractivity contribution in [3.63, 3.8) is 0 Å². The van der Waals surface area contributed by atoms with Crippen LogP contribution >= 0.6 is 0 Å². The molecule has 4 nitrogen and oxygen atoms in total. The van der Waals surface area contributed by atoms with E-state index in [-0.39, 0.29) is 6.03 Å². The summed E-state index contributed by atoms with van der Waals surface area (Å²) in [5.41, 5.74) is 3.47. The summed E-state index contributed by atoms with van der Waals surface area (Å²) in [6.45, 7) is 0.388. The lowest BCUT2D eigenvalue weighted by atomic mass is 9.96. The number of hydroxylamine groups is 1. The molecule has 98 valence electrons. The quantitative estimate of drug-likeness (QED) is 0.805. The molecule has 1 aliphatic carbocycles. The molecule has 2 amide bonds. The minimum Gasteiger partial charge on any atom is -0.334 e. The predicted molar refractivity (Wildman–Crippen MR) is 69.8 cm³/mol. The van der Waals surface area contributed by atoms with Crippen LogP contribution in [0.2, 0.25) is 0 Å². The Labute approximate surface area is 108 Å². The summed E-state index contributed by atoms with van der Waals surface area (Å²) in [7, 11) is 0. The largest absolute Gasteiger partial charge is 0.338 e. The second kappa shape index (κ2) is 7.01. The van der Waals surface area contributed by atoms with Crippen molar-refractivity contribution in [2.24, 2.45) is 0 Å². The molecule has 0 saturated heterocycles. The van der Waals surface area contributed by atoms with Crippen LogP contribution in [-0.2, 0) is 11.4 Å². The zero-order valence-electron chi connectivity index (χ0n) is 10.5. The molecule has 1 saturated carbocycles. The molecule has 1 fully saturated rings. The Morgan fingerprint density at radius 3 is 2.61 bits per heavy atom. The van der Waals surface area contributed by atoms with Gasteiger partial charge in [-0.1, -0.05) is 49.6 Å². The van der Waals surface area contributed by atoms with Crippen LogP contribution in [0.4, 0.5) is 4.79 Å². The van der Waals surface area contributed by atoms with Crippen molar-refractivity contribution < 1.29 is 9.63 Å². The van der Waals surface area contributed by atoms with Crippen LogP contribution in [0.15, 0.2) is 30.3 Å². The standard InChI is InChI=1S/C14H20N2O2/c17-14(15-13-9-5-2-6-10-13)16-18-11-12-7-3-1-4-8-12/h1,3-4,7-8,13H,2,5-6,9-11H2,(H2,15,16,17). The second-order valence-corrected chi connectivity index (χ2v) is 4.68. The molecule has 0 heterocycles. The monoisotopic (exact) mass is 248 g/mol. The van der Waals surface area contributed by atoms with E-state index in [0.717, 1.165) is 18.4 Å². The summed E-state index contributed by atoms with van der Waals surface area (Å²) in [6.07, 6.45) is 5.84. The Morgan fingerprint density at radius 1 is 1.17 bits per heavy atom. The van der Waals surface area contributed by atoms with E-state index in [4.69, 9.17) is 4.84 Å². The van der Waals surface area contributed by atoms with E-state index in [1.807, 2.05) is 30.3 Å². The Balaban J connectivity index is 1.62. The van der Waals surface area contributed by atoms with E-state index in [1.54, 1.807) is 0 Å². The smallest absolute Gasteiger partial charge is 0.334 e. The highest BCUT2D eigenvalue weighted by molar-refractivity contribution is 5.73. The molecule has 1 aliphatic rings. The van der Waals surface area contributed by atoms with Gasteiger partial charge in [-0.2, -0.15) is 0 Å². The van der Waals surface area contributed by atoms with Gasteiger partial charge < -0.3 is 5.32 Å². The van der Waals surface area contributed by atoms with E-state index < -0.39 is 0 Å². The lowest BCUT2D eigenvalue weighted by Gasteiger charge is -2.22. The van der Waals surface area contributed by atoms with E-state index >= 15 is 0 Å². The third kappa shape index (κ3) is 4.37. The number of rotatable bonds is 4. The second-order valence-electron chi connectivity index (χ2n) is 4.68. The number of nitrogens with one attached hydrogen (secondary N) is 2. The molecule has 0 atom stereocenters. The molecule has 1 aromatic carbocycles. The molecule has 0 aromatic heterocycles. The van der Waals surface area contributed by atoms with E-state index in [1.165, 1.54) is 19.3 Å². The summed E-state index contributed by atoms with van der Waals surface area (Å²) >= 11 is 0. The topological polar surface area (TPSA) is 50.4 Å². The lowest BCUT2D eigenvalue weighted by molar-refractivity contribution is 0.0477. The first-order valence-corrected chi connectivity index (χ1v) is 6.57. The summed E-state index contributed by atoms with van der Waals surface area (Å²) in [6, 6.07) is 9.83. The first kappa shape index (κ1) is 12.9. The van der Waals surface area contributed by atoms with E-state index in [0.29, 0.717) is 12.6 Å². The maximum absolute atomic E-state index is 11.6. The fourth-order valence-corrected chi connectivity index (χ4v) is 2.22. The highest BCUT2D eigenvalue weighted by Gasteiger charge is 2.15. The van der Waals surface area contributed by atoms with Gasteiger partial charge in [0.05, 0.1) is 6.61 Å². The predicted octanol–water partition coefficient (Wildman–Crippen LogP) is 2.75. The first-order chi connectivity index (χ1) is 8.84. The molecule has 0 unspecified atom stereocenters. The fourth-order valence-electron chi connectivity index (χ4n) is 2.22. The number of urea groups is 1. The van der Waals surface area contributed by atoms with Crippen molar-refractivity contribution in [2.45, 2.75) is 44.8 Å². The number of hydrogen-bond donors (Lipinski definition) is 2. The molecule has 2 rings (SSSR count). The van der Waals surface area contributed by atoms with Crippen LogP contribution in [0, 0.1) is 0 Å². The molecule has 0 aliphatic heterocycles. The van der Waals surface area contributed by atoms with Gasteiger partial charge in [-0.3, -0.25) is 4.84 Å². The van der Waals surface area contributed by atoms with E-state index in [9.17, 15) is 4.79 Å². The first-order valence-electron chi connectivity index (χ1n) is 6.57. The summed E-state index contributed by atoms with van der Waals surface area (Å²) < 4.78 is 0. The number of amides is 2. The minimum atomic E-state index is -0.238. The van der Waals surface area contributed by atoms with Gasteiger partial charge in [-0.15, -0.1) is 0 Å². The number of benzene rings is 1. The molecule has 0 spiro atoms. The van der Waals surface area contributed by atoms with Gasteiger partial charge in [0.25, 0.3) is 0 Å². The zero-order chi connectivity index (χ0) is 12.6. The molecular weight excluding hydrogens is 228 g/mol. The average Bonchev–Trinajstić information content (AvgIpc) is 2.41. The summed E-state index contributed by atoms with van der Waals surface area (Å²) in [5, 5.41) is 2.93. The van der Waals surface area contributed by atoms with Crippen molar-refractivity contribution in [1.29, 1.82) is 0 Å². The van der Waals surface area contributed by atoms with Crippen LogP contribution in [-0.4, -0.2) is 12.1 Å². The fraction of sp³-hybridized carbons (Fsp3) is 0.500. The molecule has 4 heteroatoms. The van der Waals surface area contributed by atoms with Gasteiger partial charge in [0, 0.05) is 6.04 Å². The molecule has 2 N–H and O–H groups in total. The third-order valence-electron chi connectivity index (χ3n) is 3.19. The van der Waals surface area contributed by atoms with Crippen molar-refractivity contribution in [2.75, 3.05) is 0 Å². The Bertz CT molecular complexity index is 361. The van der Waals surface area contributed by atoms with Gasteiger partial charge in [0.1, 0.15) is 0 Å². The van der Waals surface area contributed by atoms with Gasteiger partial charge in [0.15, 0.2) is 0 Å². The van der Waals surface area contributed by atoms with Crippen LogP contribution < -0.4 is 10.8 Å². The maximum Gasteiger partial charge on any atom is 0.338 e. The Hall–Kier alpha value is -1.55. The van der Waals surface area contributed by atoms with Crippen LogP contribution in [0.5, 0.6) is 0 Å². The normalized spacial score (nSPS) is 16.2. The molecular formula is C14H20N2O2. The Morgan fingerprint density at radius 2 is 1.89 bits per heavy atom. The highest BCUT2D eigenvalue weighted by Crippen LogP contribution is 2.17. The zero-order valence-corrected chi connectivity index (χ0v) is 10.5. The Kier molecular flexibility index (Phi) is 5.02. The van der Waals surface area contributed by atoms with Gasteiger partial charge >= 0.3 is 6.03 Å². The maximum atomic E-state index is 11.6. The van der Waals surface area contributed by atoms with Crippen LogP contribution in [0.1, 0.15) is 37.7 Å². The van der Waals surface area contributed by atoms with Crippen molar-refractivity contribution >= 4 is 6.03 Å². The molecule has 1 aromatic rings. The van der Waals surface area contributed by atoms with Gasteiger partial charge in [-0.25, -0.2) is 10.3 Å². The number of hydrogen-bond acceptors (Lipinski definition) is 2. The SMILES string of the molecule is O=C(NOCc1ccccc1)NC1CCCCC1. The minimum absolute atomic E-state index is 0.238.